The maximum absolute atomic E-state index is 11.8. The van der Waals surface area contributed by atoms with Crippen molar-refractivity contribution in [3.05, 3.63) is 30.3 Å². The number of hydrogen-bond donors (Lipinski definition) is 3. The van der Waals surface area contributed by atoms with E-state index < -0.39 is 0 Å². The summed E-state index contributed by atoms with van der Waals surface area (Å²) >= 11 is 0. The van der Waals surface area contributed by atoms with E-state index in [2.05, 4.69) is 20.9 Å². The Labute approximate surface area is 138 Å². The Bertz CT molecular complexity index is 509. The van der Waals surface area contributed by atoms with E-state index in [9.17, 15) is 4.79 Å². The van der Waals surface area contributed by atoms with Crippen molar-refractivity contribution in [3.8, 4) is 5.75 Å². The lowest BCUT2D eigenvalue weighted by Crippen LogP contribution is -2.49. The van der Waals surface area contributed by atoms with E-state index in [4.69, 9.17) is 4.74 Å². The Kier molecular flexibility index (Phi) is 7.38. The SMILES string of the molecule is CN=C(NCC(=O)NC(C)(C)C)NCC(C)Oc1ccccc1. The first-order valence-corrected chi connectivity index (χ1v) is 7.77. The van der Waals surface area contributed by atoms with Gasteiger partial charge in [-0.1, -0.05) is 18.2 Å². The molecule has 1 aromatic carbocycles. The fraction of sp³-hybridized carbons (Fsp3) is 0.529. The molecule has 0 aliphatic heterocycles. The molecule has 0 saturated carbocycles. The Morgan fingerprint density at radius 1 is 1.22 bits per heavy atom. The Hall–Kier alpha value is -2.24. The molecule has 1 unspecified atom stereocenters. The van der Waals surface area contributed by atoms with E-state index in [1.807, 2.05) is 58.0 Å². The normalized spacial score (nSPS) is 13.2. The number of benzene rings is 1. The fourth-order valence-corrected chi connectivity index (χ4v) is 1.86. The molecule has 1 rings (SSSR count). The van der Waals surface area contributed by atoms with Gasteiger partial charge in [0.15, 0.2) is 5.96 Å². The summed E-state index contributed by atoms with van der Waals surface area (Å²) < 4.78 is 5.78. The molecule has 0 radical (unpaired) electrons. The van der Waals surface area contributed by atoms with Gasteiger partial charge < -0.3 is 20.7 Å². The summed E-state index contributed by atoms with van der Waals surface area (Å²) in [5.41, 5.74) is -0.242. The number of amides is 1. The number of carbonyl (C=O) groups excluding carboxylic acids is 1. The maximum atomic E-state index is 11.8. The predicted molar refractivity (Wildman–Crippen MR) is 93.8 cm³/mol. The molecule has 1 amide bonds. The number of guanidine groups is 1. The minimum atomic E-state index is -0.242. The minimum Gasteiger partial charge on any atom is -0.489 e. The van der Waals surface area contributed by atoms with Gasteiger partial charge in [-0.2, -0.15) is 0 Å². The van der Waals surface area contributed by atoms with Gasteiger partial charge in [-0.3, -0.25) is 9.79 Å². The van der Waals surface area contributed by atoms with E-state index in [1.165, 1.54) is 0 Å². The summed E-state index contributed by atoms with van der Waals surface area (Å²) in [7, 11) is 1.67. The summed E-state index contributed by atoms with van der Waals surface area (Å²) in [5, 5.41) is 9.01. The lowest BCUT2D eigenvalue weighted by atomic mass is 10.1. The van der Waals surface area contributed by atoms with Crippen molar-refractivity contribution in [3.63, 3.8) is 0 Å². The minimum absolute atomic E-state index is 0.0284. The summed E-state index contributed by atoms with van der Waals surface area (Å²) in [6, 6.07) is 9.65. The summed E-state index contributed by atoms with van der Waals surface area (Å²) in [6.45, 7) is 8.56. The smallest absolute Gasteiger partial charge is 0.239 e. The third kappa shape index (κ3) is 8.70. The topological polar surface area (TPSA) is 74.8 Å². The molecule has 0 aromatic heterocycles. The van der Waals surface area contributed by atoms with Gasteiger partial charge in [0.2, 0.25) is 5.91 Å². The quantitative estimate of drug-likeness (QED) is 0.549. The number of aliphatic imine (C=N–C) groups is 1. The van der Waals surface area contributed by atoms with Gasteiger partial charge in [0.25, 0.3) is 0 Å². The van der Waals surface area contributed by atoms with Crippen molar-refractivity contribution in [1.82, 2.24) is 16.0 Å². The van der Waals surface area contributed by atoms with Crippen molar-refractivity contribution >= 4 is 11.9 Å². The molecule has 0 heterocycles. The number of nitrogens with one attached hydrogen (secondary N) is 3. The van der Waals surface area contributed by atoms with Gasteiger partial charge in [0.1, 0.15) is 11.9 Å². The lowest BCUT2D eigenvalue weighted by Gasteiger charge is -2.21. The molecule has 128 valence electrons. The van der Waals surface area contributed by atoms with Gasteiger partial charge in [0.05, 0.1) is 13.1 Å². The molecule has 6 nitrogen and oxygen atoms in total. The molecule has 0 fully saturated rings. The van der Waals surface area contributed by atoms with Crippen LogP contribution in [0.15, 0.2) is 35.3 Å². The second-order valence-corrected chi connectivity index (χ2v) is 6.35. The van der Waals surface area contributed by atoms with Crippen LogP contribution in [-0.2, 0) is 4.79 Å². The zero-order valence-electron chi connectivity index (χ0n) is 14.6. The number of para-hydroxylation sites is 1. The first-order valence-electron chi connectivity index (χ1n) is 7.77. The van der Waals surface area contributed by atoms with Gasteiger partial charge in [0, 0.05) is 12.6 Å². The van der Waals surface area contributed by atoms with Crippen LogP contribution in [0.4, 0.5) is 0 Å². The molecule has 0 saturated heterocycles. The van der Waals surface area contributed by atoms with E-state index in [0.717, 1.165) is 5.75 Å². The Balaban J connectivity index is 2.32. The van der Waals surface area contributed by atoms with Gasteiger partial charge >= 0.3 is 0 Å². The molecule has 3 N–H and O–H groups in total. The second kappa shape index (κ2) is 9.02. The van der Waals surface area contributed by atoms with Crippen LogP contribution in [0, 0.1) is 0 Å². The number of ether oxygens (including phenoxy) is 1. The second-order valence-electron chi connectivity index (χ2n) is 6.35. The average Bonchev–Trinajstić information content (AvgIpc) is 2.46. The van der Waals surface area contributed by atoms with Gasteiger partial charge in [-0.25, -0.2) is 0 Å². The van der Waals surface area contributed by atoms with Crippen LogP contribution in [-0.4, -0.2) is 43.6 Å². The van der Waals surface area contributed by atoms with Crippen LogP contribution in [0.1, 0.15) is 27.7 Å². The molecule has 0 aliphatic carbocycles. The first-order chi connectivity index (χ1) is 10.8. The highest BCUT2D eigenvalue weighted by molar-refractivity contribution is 5.86. The molecular formula is C17H28N4O2. The predicted octanol–water partition coefficient (Wildman–Crippen LogP) is 1.53. The van der Waals surface area contributed by atoms with Crippen LogP contribution < -0.4 is 20.7 Å². The molecule has 1 atom stereocenters. The molecule has 1 aromatic rings. The number of hydrogen-bond acceptors (Lipinski definition) is 3. The summed E-state index contributed by atoms with van der Waals surface area (Å²) in [5.74, 6) is 1.32. The van der Waals surface area contributed by atoms with Crippen LogP contribution in [0.25, 0.3) is 0 Å². The van der Waals surface area contributed by atoms with E-state index in [0.29, 0.717) is 12.5 Å². The van der Waals surface area contributed by atoms with Crippen LogP contribution in [0.3, 0.4) is 0 Å². The molecule has 23 heavy (non-hydrogen) atoms. The summed E-state index contributed by atoms with van der Waals surface area (Å²) in [4.78, 5) is 15.9. The zero-order valence-corrected chi connectivity index (χ0v) is 14.6. The van der Waals surface area contributed by atoms with Crippen LogP contribution >= 0.6 is 0 Å². The standard InChI is InChI=1S/C17H28N4O2/c1-13(23-14-9-7-6-8-10-14)11-19-16(18-5)20-12-15(22)21-17(2,3)4/h6-10,13H,11-12H2,1-5H3,(H,21,22)(H2,18,19,20). The van der Waals surface area contributed by atoms with Crippen LogP contribution in [0.5, 0.6) is 5.75 Å². The Morgan fingerprint density at radius 3 is 2.43 bits per heavy atom. The molecule has 0 bridgehead atoms. The monoisotopic (exact) mass is 320 g/mol. The third-order valence-corrected chi connectivity index (χ3v) is 2.79. The van der Waals surface area contributed by atoms with Crippen LogP contribution in [0.2, 0.25) is 0 Å². The van der Waals surface area contributed by atoms with Crippen molar-refractivity contribution in [2.24, 2.45) is 4.99 Å². The van der Waals surface area contributed by atoms with Crippen molar-refractivity contribution in [1.29, 1.82) is 0 Å². The highest BCUT2D eigenvalue weighted by Crippen LogP contribution is 2.10. The van der Waals surface area contributed by atoms with E-state index in [1.54, 1.807) is 7.05 Å². The highest BCUT2D eigenvalue weighted by atomic mass is 16.5. The lowest BCUT2D eigenvalue weighted by molar-refractivity contribution is -0.121. The molecule has 0 spiro atoms. The molecular weight excluding hydrogens is 292 g/mol. The van der Waals surface area contributed by atoms with Crippen molar-refractivity contribution in [2.45, 2.75) is 39.3 Å². The average molecular weight is 320 g/mol. The third-order valence-electron chi connectivity index (χ3n) is 2.79. The number of carbonyl (C=O) groups is 1. The van der Waals surface area contributed by atoms with Crippen molar-refractivity contribution in [2.75, 3.05) is 20.1 Å². The fourth-order valence-electron chi connectivity index (χ4n) is 1.86. The van der Waals surface area contributed by atoms with Gasteiger partial charge in [-0.05, 0) is 39.8 Å². The summed E-state index contributed by atoms with van der Waals surface area (Å²) in [6.07, 6.45) is -0.0284. The van der Waals surface area contributed by atoms with Crippen molar-refractivity contribution < 1.29 is 9.53 Å². The first kappa shape index (κ1) is 18.8. The number of nitrogens with zero attached hydrogens (tertiary/aromatic N) is 1. The van der Waals surface area contributed by atoms with E-state index in [-0.39, 0.29) is 24.1 Å². The van der Waals surface area contributed by atoms with Gasteiger partial charge in [-0.15, -0.1) is 0 Å². The highest BCUT2D eigenvalue weighted by Gasteiger charge is 2.13. The molecule has 0 aliphatic rings. The maximum Gasteiger partial charge on any atom is 0.239 e. The Morgan fingerprint density at radius 2 is 1.87 bits per heavy atom. The largest absolute Gasteiger partial charge is 0.489 e. The number of rotatable bonds is 6. The zero-order chi connectivity index (χ0) is 17.3. The molecule has 6 heteroatoms. The van der Waals surface area contributed by atoms with E-state index >= 15 is 0 Å².